The number of hydrogen-bond donors (Lipinski definition) is 0. The van der Waals surface area contributed by atoms with Crippen LogP contribution in [0.3, 0.4) is 0 Å². The molecule has 1 aromatic heterocycles. The van der Waals surface area contributed by atoms with E-state index in [4.69, 9.17) is 4.98 Å². The Morgan fingerprint density at radius 2 is 1.83 bits per heavy atom. The molecule has 3 rings (SSSR count). The van der Waals surface area contributed by atoms with E-state index in [0.29, 0.717) is 6.54 Å². The van der Waals surface area contributed by atoms with Crippen LogP contribution < -0.4 is 10.7 Å². The molecule has 5 heteroatoms. The Kier molecular flexibility index (Phi) is 9.36. The van der Waals surface area contributed by atoms with Gasteiger partial charge in [0.05, 0.1) is 23.0 Å². The van der Waals surface area contributed by atoms with Crippen molar-refractivity contribution in [3.05, 3.63) is 100 Å². The number of allylic oxidation sites excluding steroid dienone is 6. The van der Waals surface area contributed by atoms with Gasteiger partial charge in [0.25, 0.3) is 0 Å². The van der Waals surface area contributed by atoms with Crippen LogP contribution in [0.15, 0.2) is 88.2 Å². The molecule has 1 aliphatic heterocycles. The molecule has 0 amide bonds. The van der Waals surface area contributed by atoms with Crippen LogP contribution in [-0.2, 0) is 20.0 Å². The number of imidazole rings is 1. The quantitative estimate of drug-likeness (QED) is 0.370. The van der Waals surface area contributed by atoms with Crippen molar-refractivity contribution in [3.8, 4) is 0 Å². The van der Waals surface area contributed by atoms with Gasteiger partial charge in [0.1, 0.15) is 5.82 Å². The molecule has 182 valence electrons. The van der Waals surface area contributed by atoms with Gasteiger partial charge in [-0.05, 0) is 67.5 Å². The Morgan fingerprint density at radius 3 is 2.57 bits per heavy atom. The van der Waals surface area contributed by atoms with E-state index in [1.54, 1.807) is 0 Å². The lowest BCUT2D eigenvalue weighted by Crippen LogP contribution is -2.26. The predicted molar refractivity (Wildman–Crippen MR) is 150 cm³/mol. The molecular formula is C30H37N5. The fourth-order valence-electron chi connectivity index (χ4n) is 3.97. The van der Waals surface area contributed by atoms with Crippen LogP contribution in [0.2, 0.25) is 0 Å². The van der Waals surface area contributed by atoms with Crippen molar-refractivity contribution in [2.45, 2.75) is 46.1 Å². The van der Waals surface area contributed by atoms with Crippen LogP contribution in [0, 0.1) is 0 Å². The number of aliphatic imine (C=N–C) groups is 1. The van der Waals surface area contributed by atoms with Crippen molar-refractivity contribution in [3.63, 3.8) is 0 Å². The van der Waals surface area contributed by atoms with Crippen molar-refractivity contribution in [2.75, 3.05) is 7.05 Å². The summed E-state index contributed by atoms with van der Waals surface area (Å²) in [7, 11) is 4.01. The average molecular weight is 468 g/mol. The summed E-state index contributed by atoms with van der Waals surface area (Å²) in [6.07, 6.45) is 16.0. The van der Waals surface area contributed by atoms with Crippen molar-refractivity contribution in [1.82, 2.24) is 14.6 Å². The molecule has 0 spiro atoms. The van der Waals surface area contributed by atoms with Crippen LogP contribution in [0.25, 0.3) is 12.7 Å². The summed E-state index contributed by atoms with van der Waals surface area (Å²) in [4.78, 5) is 9.29. The number of benzene rings is 1. The van der Waals surface area contributed by atoms with Gasteiger partial charge in [-0.3, -0.25) is 10.0 Å². The Bertz CT molecular complexity index is 1290. The Hall–Kier alpha value is -3.73. The van der Waals surface area contributed by atoms with E-state index in [1.807, 2.05) is 74.7 Å². The largest absolute Gasteiger partial charge is 0.332 e. The minimum atomic E-state index is 0.670. The number of nitrogens with zero attached hydrogens (tertiary/aromatic N) is 5. The highest BCUT2D eigenvalue weighted by Crippen LogP contribution is 2.25. The molecule has 1 aliphatic rings. The third-order valence-electron chi connectivity index (χ3n) is 6.07. The zero-order valence-corrected chi connectivity index (χ0v) is 21.5. The molecule has 0 N–H and O–H groups in total. The number of unbranched alkanes of at least 4 members (excludes halogenated alkanes) is 1. The van der Waals surface area contributed by atoms with Gasteiger partial charge >= 0.3 is 0 Å². The van der Waals surface area contributed by atoms with Crippen LogP contribution in [0.1, 0.15) is 44.5 Å². The van der Waals surface area contributed by atoms with E-state index in [-0.39, 0.29) is 0 Å². The molecule has 1 aromatic carbocycles. The number of hydrazone groups is 1. The molecule has 0 aliphatic carbocycles. The zero-order chi connectivity index (χ0) is 25.2. The van der Waals surface area contributed by atoms with Crippen LogP contribution in [0.4, 0.5) is 0 Å². The van der Waals surface area contributed by atoms with Gasteiger partial charge in [0.2, 0.25) is 0 Å². The highest BCUT2D eigenvalue weighted by atomic mass is 15.4. The van der Waals surface area contributed by atoms with Crippen molar-refractivity contribution >= 4 is 24.6 Å². The van der Waals surface area contributed by atoms with Gasteiger partial charge in [-0.25, -0.2) is 4.98 Å². The van der Waals surface area contributed by atoms with E-state index in [1.165, 1.54) is 11.1 Å². The predicted octanol–water partition coefficient (Wildman–Crippen LogP) is 4.86. The summed E-state index contributed by atoms with van der Waals surface area (Å²) < 4.78 is 2.10. The molecule has 0 unspecified atom stereocenters. The lowest BCUT2D eigenvalue weighted by molar-refractivity contribution is 0.478. The monoisotopic (exact) mass is 467 g/mol. The van der Waals surface area contributed by atoms with E-state index in [9.17, 15) is 0 Å². The molecular weight excluding hydrogens is 430 g/mol. The SMILES string of the molecule is C=C1C(CCCCc2n/c(=C/C=C\C)c(=C)n2C)=CN(C)N=C1/C(C)=C/C=N\Cc1ccccc1. The third kappa shape index (κ3) is 7.12. The van der Waals surface area contributed by atoms with Gasteiger partial charge in [-0.1, -0.05) is 55.6 Å². The Labute approximate surface area is 209 Å². The third-order valence-corrected chi connectivity index (χ3v) is 6.07. The van der Waals surface area contributed by atoms with E-state index >= 15 is 0 Å². The highest BCUT2D eigenvalue weighted by molar-refractivity contribution is 6.16. The second-order valence-electron chi connectivity index (χ2n) is 8.80. The molecule has 0 fully saturated rings. The minimum absolute atomic E-state index is 0.670. The first-order chi connectivity index (χ1) is 16.9. The fraction of sp³-hybridized carbons (Fsp3) is 0.300. The molecule has 2 aromatic rings. The summed E-state index contributed by atoms with van der Waals surface area (Å²) in [5, 5.41) is 8.48. The molecule has 0 saturated carbocycles. The summed E-state index contributed by atoms with van der Waals surface area (Å²) in [5.74, 6) is 1.08. The standard InChI is InChI=1S/C30H37N5/c1-7-8-17-28-25(4)35(6)29(32-28)18-13-12-16-27-22-34(5)33-30(24(27)3)23(2)19-20-31-21-26-14-10-9-11-15-26/h7-11,14-15,17,19-20,22H,3-4,12-13,16,18,21H2,1-2,5-6H3/b8-7-,23-19+,28-17+,31-20-. The maximum absolute atomic E-state index is 4.76. The maximum Gasteiger partial charge on any atom is 0.109 e. The maximum atomic E-state index is 4.76. The lowest BCUT2D eigenvalue weighted by atomic mass is 9.93. The molecule has 0 saturated heterocycles. The molecule has 35 heavy (non-hydrogen) atoms. The van der Waals surface area contributed by atoms with Gasteiger partial charge in [0.15, 0.2) is 0 Å². The Balaban J connectivity index is 1.56. The van der Waals surface area contributed by atoms with Crippen LogP contribution in [-0.4, -0.2) is 33.5 Å². The van der Waals surface area contributed by atoms with E-state index in [0.717, 1.165) is 59.1 Å². The highest BCUT2D eigenvalue weighted by Gasteiger charge is 2.17. The van der Waals surface area contributed by atoms with Crippen molar-refractivity contribution in [2.24, 2.45) is 17.1 Å². The first kappa shape index (κ1) is 25.9. The Morgan fingerprint density at radius 1 is 1.09 bits per heavy atom. The number of hydrogen-bond acceptors (Lipinski definition) is 4. The minimum Gasteiger partial charge on any atom is -0.332 e. The second kappa shape index (κ2) is 12.7. The summed E-state index contributed by atoms with van der Waals surface area (Å²) in [6, 6.07) is 10.3. The van der Waals surface area contributed by atoms with Crippen LogP contribution >= 0.6 is 0 Å². The topological polar surface area (TPSA) is 45.8 Å². The van der Waals surface area contributed by atoms with Crippen LogP contribution in [0.5, 0.6) is 0 Å². The first-order valence-corrected chi connectivity index (χ1v) is 12.2. The molecule has 0 bridgehead atoms. The normalized spacial score (nSPS) is 15.4. The number of rotatable bonds is 10. The number of aryl methyl sites for hydroxylation is 1. The molecule has 2 heterocycles. The lowest BCUT2D eigenvalue weighted by Gasteiger charge is -2.23. The van der Waals surface area contributed by atoms with Crippen molar-refractivity contribution < 1.29 is 0 Å². The average Bonchev–Trinajstić information content (AvgIpc) is 3.13. The van der Waals surface area contributed by atoms with Gasteiger partial charge in [-0.15, -0.1) is 0 Å². The number of aromatic nitrogens is 2. The summed E-state index contributed by atoms with van der Waals surface area (Å²) in [6.45, 7) is 13.3. The fourth-order valence-corrected chi connectivity index (χ4v) is 3.97. The van der Waals surface area contributed by atoms with E-state index < -0.39 is 0 Å². The summed E-state index contributed by atoms with van der Waals surface area (Å²) in [5.41, 5.74) is 5.40. The first-order valence-electron chi connectivity index (χ1n) is 12.2. The summed E-state index contributed by atoms with van der Waals surface area (Å²) >= 11 is 0. The second-order valence-corrected chi connectivity index (χ2v) is 8.80. The molecule has 5 nitrogen and oxygen atoms in total. The molecule has 0 radical (unpaired) electrons. The smallest absolute Gasteiger partial charge is 0.109 e. The van der Waals surface area contributed by atoms with Gasteiger partial charge in [-0.2, -0.15) is 5.10 Å². The van der Waals surface area contributed by atoms with Gasteiger partial charge < -0.3 is 4.57 Å². The van der Waals surface area contributed by atoms with Crippen molar-refractivity contribution in [1.29, 1.82) is 0 Å². The zero-order valence-electron chi connectivity index (χ0n) is 21.5. The van der Waals surface area contributed by atoms with E-state index in [2.05, 4.69) is 53.1 Å². The van der Waals surface area contributed by atoms with Gasteiger partial charge in [0, 0.05) is 32.9 Å². The molecule has 0 atom stereocenters.